The molecule has 1 aliphatic rings. The maximum Gasteiger partial charge on any atom is 0.341 e. The third kappa shape index (κ3) is 6.66. The fourth-order valence-electron chi connectivity index (χ4n) is 4.57. The van der Waals surface area contributed by atoms with E-state index in [-0.39, 0.29) is 18.3 Å². The number of thioether (sulfide) groups is 1. The molecule has 0 saturated heterocycles. The molecule has 0 unspecified atom stereocenters. The van der Waals surface area contributed by atoms with Gasteiger partial charge in [-0.1, -0.05) is 48.4 Å². The molecule has 0 aliphatic heterocycles. The number of allylic oxidation sites excluding steroid dienone is 1. The minimum absolute atomic E-state index is 0.121. The predicted octanol–water partition coefficient (Wildman–Crippen LogP) is 5.90. The van der Waals surface area contributed by atoms with Gasteiger partial charge >= 0.3 is 5.97 Å². The minimum atomic E-state index is -0.398. The van der Waals surface area contributed by atoms with Crippen molar-refractivity contribution in [3.05, 3.63) is 63.8 Å². The Kier molecular flexibility index (Phi) is 9.63. The highest BCUT2D eigenvalue weighted by atomic mass is 32.2. The summed E-state index contributed by atoms with van der Waals surface area (Å²) < 4.78 is 13.0. The van der Waals surface area contributed by atoms with Crippen molar-refractivity contribution in [2.75, 3.05) is 18.2 Å². The molecule has 1 N–H and O–H groups in total. The van der Waals surface area contributed by atoms with Crippen molar-refractivity contribution in [3.63, 3.8) is 0 Å². The number of nitrogens with zero attached hydrogens (tertiary/aromatic N) is 3. The molecule has 1 aromatic carbocycles. The number of hydrogen-bond donors (Lipinski definition) is 1. The van der Waals surface area contributed by atoms with Crippen molar-refractivity contribution < 1.29 is 19.1 Å². The van der Waals surface area contributed by atoms with E-state index in [2.05, 4.69) is 28.2 Å². The number of ether oxygens (including phenoxy) is 2. The second-order valence-corrected chi connectivity index (χ2v) is 11.4. The summed E-state index contributed by atoms with van der Waals surface area (Å²) >= 11 is 2.78. The van der Waals surface area contributed by atoms with Crippen LogP contribution in [0.2, 0.25) is 0 Å². The number of esters is 1. The molecule has 38 heavy (non-hydrogen) atoms. The molecular formula is C28H34N4O4S2. The first-order valence-electron chi connectivity index (χ1n) is 12.8. The van der Waals surface area contributed by atoms with Crippen LogP contribution in [0.4, 0.5) is 5.00 Å². The van der Waals surface area contributed by atoms with Gasteiger partial charge in [0.25, 0.3) is 0 Å². The first-order valence-corrected chi connectivity index (χ1v) is 14.6. The average Bonchev–Trinajstić information content (AvgIpc) is 3.42. The Labute approximate surface area is 231 Å². The number of methoxy groups -OCH3 is 1. The number of carbonyl (C=O) groups excluding carboxylic acids is 2. The Bertz CT molecular complexity index is 1310. The van der Waals surface area contributed by atoms with Crippen LogP contribution in [-0.4, -0.2) is 39.5 Å². The van der Waals surface area contributed by atoms with Crippen LogP contribution in [0.3, 0.4) is 0 Å². The Balaban J connectivity index is 1.44. The second kappa shape index (κ2) is 13.1. The molecule has 2 aromatic heterocycles. The summed E-state index contributed by atoms with van der Waals surface area (Å²) in [5, 5.41) is 12.7. The summed E-state index contributed by atoms with van der Waals surface area (Å²) in [4.78, 5) is 26.8. The second-order valence-electron chi connectivity index (χ2n) is 9.31. The maximum absolute atomic E-state index is 13.0. The molecule has 202 valence electrons. The summed E-state index contributed by atoms with van der Waals surface area (Å²) in [5.41, 5.74) is 3.77. The summed E-state index contributed by atoms with van der Waals surface area (Å²) in [6, 6.07) is 6.03. The molecule has 0 radical (unpaired) electrons. The van der Waals surface area contributed by atoms with Crippen molar-refractivity contribution >= 4 is 40.0 Å². The van der Waals surface area contributed by atoms with E-state index in [1.807, 2.05) is 30.5 Å². The molecule has 2 heterocycles. The molecule has 0 fully saturated rings. The zero-order valence-electron chi connectivity index (χ0n) is 22.2. The SMILES string of the molecule is C=CCn1c(COc2ccc(C)cc2C)nnc1SCC(=O)Nc1sc2c(c1C(=O)OC)CCCCCC2. The molecule has 4 rings (SSSR count). The number of rotatable bonds is 10. The van der Waals surface area contributed by atoms with E-state index in [4.69, 9.17) is 9.47 Å². The molecule has 8 nitrogen and oxygen atoms in total. The highest BCUT2D eigenvalue weighted by Gasteiger charge is 2.26. The van der Waals surface area contributed by atoms with Crippen molar-refractivity contribution in [1.82, 2.24) is 14.8 Å². The zero-order chi connectivity index (χ0) is 27.1. The number of fused-ring (bicyclic) bond motifs is 1. The monoisotopic (exact) mass is 554 g/mol. The standard InChI is InChI=1S/C28H34N4O4S2/c1-5-14-32-23(16-36-21-13-12-18(2)15-19(21)3)30-31-28(32)37-17-24(33)29-26-25(27(34)35-4)20-10-8-6-7-9-11-22(20)38-26/h5,12-13,15H,1,6-11,14,16-17H2,2-4H3,(H,29,33). The first-order chi connectivity index (χ1) is 18.4. The van der Waals surface area contributed by atoms with Crippen molar-refractivity contribution in [2.45, 2.75) is 70.7 Å². The molecule has 0 bridgehead atoms. The smallest absolute Gasteiger partial charge is 0.341 e. The Morgan fingerprint density at radius 1 is 1.18 bits per heavy atom. The molecular weight excluding hydrogens is 520 g/mol. The number of anilines is 1. The van der Waals surface area contributed by atoms with E-state index < -0.39 is 5.97 Å². The number of aromatic nitrogens is 3. The van der Waals surface area contributed by atoms with Crippen LogP contribution in [0.5, 0.6) is 5.75 Å². The number of hydrogen-bond acceptors (Lipinski definition) is 8. The maximum atomic E-state index is 13.0. The largest absolute Gasteiger partial charge is 0.485 e. The topological polar surface area (TPSA) is 95.3 Å². The fraction of sp³-hybridized carbons (Fsp3) is 0.429. The molecule has 0 spiro atoms. The van der Waals surface area contributed by atoms with E-state index in [9.17, 15) is 9.59 Å². The van der Waals surface area contributed by atoms with Crippen molar-refractivity contribution in [2.24, 2.45) is 0 Å². The Morgan fingerprint density at radius 3 is 2.71 bits per heavy atom. The Morgan fingerprint density at radius 2 is 1.97 bits per heavy atom. The summed E-state index contributed by atoms with van der Waals surface area (Å²) in [6.45, 7) is 8.64. The zero-order valence-corrected chi connectivity index (χ0v) is 23.8. The molecule has 0 atom stereocenters. The third-order valence-corrected chi connectivity index (χ3v) is 8.61. The number of thiophene rings is 1. The number of amides is 1. The van der Waals surface area contributed by atoms with Crippen molar-refractivity contribution in [3.8, 4) is 5.75 Å². The van der Waals surface area contributed by atoms with E-state index in [0.717, 1.165) is 49.0 Å². The minimum Gasteiger partial charge on any atom is -0.485 e. The van der Waals surface area contributed by atoms with Gasteiger partial charge in [-0.05, 0) is 56.7 Å². The van der Waals surface area contributed by atoms with Gasteiger partial charge in [-0.25, -0.2) is 4.79 Å². The molecule has 3 aromatic rings. The summed E-state index contributed by atoms with van der Waals surface area (Å²) in [5.74, 6) is 0.958. The number of benzene rings is 1. The molecule has 1 amide bonds. The van der Waals surface area contributed by atoms with Gasteiger partial charge in [-0.15, -0.1) is 28.1 Å². The number of carbonyl (C=O) groups is 2. The third-order valence-electron chi connectivity index (χ3n) is 6.44. The van der Waals surface area contributed by atoms with E-state index in [1.54, 1.807) is 6.08 Å². The highest BCUT2D eigenvalue weighted by Crippen LogP contribution is 2.37. The van der Waals surface area contributed by atoms with Gasteiger partial charge in [-0.3, -0.25) is 9.36 Å². The van der Waals surface area contributed by atoms with E-state index in [0.29, 0.717) is 28.1 Å². The van der Waals surface area contributed by atoms with Crippen LogP contribution in [0.25, 0.3) is 0 Å². The highest BCUT2D eigenvalue weighted by molar-refractivity contribution is 7.99. The van der Waals surface area contributed by atoms with Crippen molar-refractivity contribution in [1.29, 1.82) is 0 Å². The fourth-order valence-corrected chi connectivity index (χ4v) is 6.63. The van der Waals surface area contributed by atoms with Crippen LogP contribution in [0.15, 0.2) is 36.0 Å². The molecule has 1 aliphatic carbocycles. The predicted molar refractivity (Wildman–Crippen MR) is 151 cm³/mol. The van der Waals surface area contributed by atoms with Gasteiger partial charge in [0.1, 0.15) is 17.4 Å². The summed E-state index contributed by atoms with van der Waals surface area (Å²) in [6.07, 6.45) is 7.98. The lowest BCUT2D eigenvalue weighted by molar-refractivity contribution is -0.113. The van der Waals surface area contributed by atoms with Crippen LogP contribution >= 0.6 is 23.1 Å². The number of aryl methyl sites for hydroxylation is 3. The average molecular weight is 555 g/mol. The van der Waals surface area contributed by atoms with Gasteiger partial charge < -0.3 is 14.8 Å². The molecule has 10 heteroatoms. The number of nitrogens with one attached hydrogen (secondary N) is 1. The van der Waals surface area contributed by atoms with Gasteiger partial charge in [0.05, 0.1) is 18.4 Å². The van der Waals surface area contributed by atoms with Gasteiger partial charge in [0.15, 0.2) is 11.0 Å². The van der Waals surface area contributed by atoms with Gasteiger partial charge in [-0.2, -0.15) is 0 Å². The van der Waals surface area contributed by atoms with Gasteiger partial charge in [0, 0.05) is 11.4 Å². The first kappa shape index (κ1) is 27.9. The lowest BCUT2D eigenvalue weighted by Crippen LogP contribution is -2.17. The normalized spacial score (nSPS) is 13.2. The van der Waals surface area contributed by atoms with Crippen LogP contribution in [0, 0.1) is 13.8 Å². The lowest BCUT2D eigenvalue weighted by atomic mass is 9.96. The van der Waals surface area contributed by atoms with E-state index >= 15 is 0 Å². The van der Waals surface area contributed by atoms with E-state index in [1.165, 1.54) is 47.1 Å². The summed E-state index contributed by atoms with van der Waals surface area (Å²) in [7, 11) is 1.38. The van der Waals surface area contributed by atoms with Gasteiger partial charge in [0.2, 0.25) is 5.91 Å². The van der Waals surface area contributed by atoms with Crippen LogP contribution < -0.4 is 10.1 Å². The van der Waals surface area contributed by atoms with Crippen LogP contribution in [-0.2, 0) is 35.5 Å². The molecule has 0 saturated carbocycles. The lowest BCUT2D eigenvalue weighted by Gasteiger charge is -2.11. The quantitative estimate of drug-likeness (QED) is 0.189. The van der Waals surface area contributed by atoms with Crippen LogP contribution in [0.1, 0.15) is 63.4 Å². The Hall–Kier alpha value is -3.11.